The fourth-order valence-corrected chi connectivity index (χ4v) is 5.40. The number of nitrogens with one attached hydrogen (secondary N) is 2. The van der Waals surface area contributed by atoms with E-state index in [9.17, 15) is 14.7 Å². The molecule has 4 rings (SSSR count). The lowest BCUT2D eigenvalue weighted by Crippen LogP contribution is -2.58. The van der Waals surface area contributed by atoms with Gasteiger partial charge in [0, 0.05) is 23.6 Å². The fourth-order valence-electron chi connectivity index (χ4n) is 4.60. The Kier molecular flexibility index (Phi) is 7.78. The van der Waals surface area contributed by atoms with E-state index >= 15 is 0 Å². The first-order valence-electron chi connectivity index (χ1n) is 12.1. The molecule has 2 aromatic carbocycles. The van der Waals surface area contributed by atoms with Crippen LogP contribution < -0.4 is 10.6 Å². The zero-order valence-corrected chi connectivity index (χ0v) is 22.3. The molecule has 0 bridgehead atoms. The minimum absolute atomic E-state index is 0.234. The van der Waals surface area contributed by atoms with Gasteiger partial charge < -0.3 is 15.7 Å². The van der Waals surface area contributed by atoms with Crippen molar-refractivity contribution in [1.29, 1.82) is 0 Å². The lowest BCUT2D eigenvalue weighted by atomic mass is 9.80. The van der Waals surface area contributed by atoms with E-state index in [1.807, 2.05) is 111 Å². The van der Waals surface area contributed by atoms with Crippen LogP contribution in [0.2, 0.25) is 0 Å². The van der Waals surface area contributed by atoms with E-state index in [2.05, 4.69) is 15.7 Å². The molecule has 192 valence electrons. The van der Waals surface area contributed by atoms with Crippen LogP contribution >= 0.6 is 11.3 Å². The zero-order valence-electron chi connectivity index (χ0n) is 21.4. The van der Waals surface area contributed by atoms with Crippen molar-refractivity contribution in [3.05, 3.63) is 88.7 Å². The van der Waals surface area contributed by atoms with Crippen molar-refractivity contribution in [3.63, 3.8) is 0 Å². The second-order valence-corrected chi connectivity index (χ2v) is 11.1. The molecule has 2 unspecified atom stereocenters. The number of thiophene rings is 1. The number of hydrogen-bond acceptors (Lipinski definition) is 4. The number of benzene rings is 2. The normalized spacial score (nSPS) is 13.1. The topological polar surface area (TPSA) is 96.3 Å². The summed E-state index contributed by atoms with van der Waals surface area (Å²) in [5.74, 6) is -0.234. The molecule has 0 aliphatic rings. The Morgan fingerprint density at radius 2 is 1.65 bits per heavy atom. The number of carbonyl (C=O) groups is 2. The Morgan fingerprint density at radius 3 is 2.27 bits per heavy atom. The Balaban J connectivity index is 1.63. The monoisotopic (exact) mass is 516 g/mol. The van der Waals surface area contributed by atoms with Gasteiger partial charge in [0.1, 0.15) is 0 Å². The van der Waals surface area contributed by atoms with Crippen molar-refractivity contribution in [2.24, 2.45) is 12.5 Å². The standard InChI is InChI=1S/C29H32N4O3S/c1-29(2,3)26(32-28(35)36)23(15-19-11-7-5-8-12-19)31-27(34)24-16-21(18-37-24)25-22(17-30-33(25)4)20-13-9-6-10-14-20/h5-14,16-18,23,26,32H,15H2,1-4H3,(H,31,34)(H,35,36). The molecule has 0 spiro atoms. The van der Waals surface area contributed by atoms with Crippen molar-refractivity contribution >= 4 is 23.3 Å². The quantitative estimate of drug-likeness (QED) is 0.274. The SMILES string of the molecule is Cn1ncc(-c2ccccc2)c1-c1csc(C(=O)NC(Cc2ccccc2)C(NC(=O)O)C(C)(C)C)c1. The molecular formula is C29H32N4O3S. The number of nitrogens with zero attached hydrogens (tertiary/aromatic N) is 2. The summed E-state index contributed by atoms with van der Waals surface area (Å²) in [5, 5.41) is 21.7. The van der Waals surface area contributed by atoms with Gasteiger partial charge >= 0.3 is 6.09 Å². The van der Waals surface area contributed by atoms with Crippen molar-refractivity contribution in [2.75, 3.05) is 0 Å². The molecular weight excluding hydrogens is 484 g/mol. The Bertz CT molecular complexity index is 1360. The molecule has 0 aliphatic heterocycles. The van der Waals surface area contributed by atoms with Crippen LogP contribution in [0.4, 0.5) is 4.79 Å². The summed E-state index contributed by atoms with van der Waals surface area (Å²) in [6.07, 6.45) is 1.21. The van der Waals surface area contributed by atoms with E-state index in [4.69, 9.17) is 0 Å². The minimum atomic E-state index is -1.12. The van der Waals surface area contributed by atoms with Crippen LogP contribution in [0, 0.1) is 5.41 Å². The minimum Gasteiger partial charge on any atom is -0.465 e. The molecule has 2 aromatic heterocycles. The molecule has 7 nitrogen and oxygen atoms in total. The number of aromatic nitrogens is 2. The van der Waals surface area contributed by atoms with Gasteiger partial charge in [0.15, 0.2) is 0 Å². The zero-order chi connectivity index (χ0) is 26.6. The van der Waals surface area contributed by atoms with E-state index < -0.39 is 23.6 Å². The summed E-state index contributed by atoms with van der Waals surface area (Å²) >= 11 is 1.36. The molecule has 2 amide bonds. The fraction of sp³-hybridized carbons (Fsp3) is 0.276. The molecule has 0 fully saturated rings. The van der Waals surface area contributed by atoms with Gasteiger partial charge in [-0.1, -0.05) is 81.4 Å². The molecule has 0 saturated carbocycles. The average Bonchev–Trinajstić information content (AvgIpc) is 3.49. The smallest absolute Gasteiger partial charge is 0.404 e. The third-order valence-electron chi connectivity index (χ3n) is 6.35. The molecule has 0 aliphatic carbocycles. The van der Waals surface area contributed by atoms with Gasteiger partial charge in [0.2, 0.25) is 0 Å². The molecule has 4 aromatic rings. The summed E-state index contributed by atoms with van der Waals surface area (Å²) in [7, 11) is 1.89. The number of aryl methyl sites for hydroxylation is 1. The molecule has 0 saturated heterocycles. The van der Waals surface area contributed by atoms with Crippen LogP contribution in [-0.4, -0.2) is 39.0 Å². The molecule has 0 radical (unpaired) electrons. The second kappa shape index (κ2) is 11.0. The van der Waals surface area contributed by atoms with Crippen LogP contribution in [0.1, 0.15) is 36.0 Å². The summed E-state index contributed by atoms with van der Waals surface area (Å²) < 4.78 is 1.82. The number of carbonyl (C=O) groups excluding carboxylic acids is 1. The third-order valence-corrected chi connectivity index (χ3v) is 7.28. The molecule has 8 heteroatoms. The van der Waals surface area contributed by atoms with Gasteiger partial charge in [-0.05, 0) is 29.0 Å². The van der Waals surface area contributed by atoms with Gasteiger partial charge in [-0.2, -0.15) is 5.10 Å². The second-order valence-electron chi connectivity index (χ2n) is 10.2. The average molecular weight is 517 g/mol. The predicted molar refractivity (Wildman–Crippen MR) is 148 cm³/mol. The number of hydrogen-bond donors (Lipinski definition) is 3. The highest BCUT2D eigenvalue weighted by molar-refractivity contribution is 7.12. The number of rotatable bonds is 8. The lowest BCUT2D eigenvalue weighted by Gasteiger charge is -2.37. The summed E-state index contributed by atoms with van der Waals surface area (Å²) in [4.78, 5) is 25.7. The van der Waals surface area contributed by atoms with Crippen molar-refractivity contribution in [2.45, 2.75) is 39.3 Å². The van der Waals surface area contributed by atoms with Crippen LogP contribution in [0.15, 0.2) is 78.3 Å². The van der Waals surface area contributed by atoms with Crippen molar-refractivity contribution in [1.82, 2.24) is 20.4 Å². The Labute approximate surface area is 221 Å². The number of carboxylic acid groups (broad SMARTS) is 1. The van der Waals surface area contributed by atoms with E-state index in [1.54, 1.807) is 0 Å². The first kappa shape index (κ1) is 26.2. The Morgan fingerprint density at radius 1 is 1.00 bits per heavy atom. The molecule has 3 N–H and O–H groups in total. The van der Waals surface area contributed by atoms with Gasteiger partial charge in [-0.15, -0.1) is 11.3 Å². The summed E-state index contributed by atoms with van der Waals surface area (Å²) in [6.45, 7) is 5.90. The van der Waals surface area contributed by atoms with Gasteiger partial charge in [0.05, 0.1) is 28.9 Å². The Hall–Kier alpha value is -3.91. The largest absolute Gasteiger partial charge is 0.465 e. The van der Waals surface area contributed by atoms with Crippen LogP contribution in [-0.2, 0) is 13.5 Å². The maximum Gasteiger partial charge on any atom is 0.404 e. The van der Waals surface area contributed by atoms with Crippen molar-refractivity contribution < 1.29 is 14.7 Å². The lowest BCUT2D eigenvalue weighted by molar-refractivity contribution is 0.0905. The number of amides is 2. The van der Waals surface area contributed by atoms with Gasteiger partial charge in [-0.3, -0.25) is 9.48 Å². The molecule has 37 heavy (non-hydrogen) atoms. The molecule has 2 heterocycles. The highest BCUT2D eigenvalue weighted by Crippen LogP contribution is 2.34. The highest BCUT2D eigenvalue weighted by atomic mass is 32.1. The van der Waals surface area contributed by atoms with Gasteiger partial charge in [-0.25, -0.2) is 4.79 Å². The maximum absolute atomic E-state index is 13.5. The summed E-state index contributed by atoms with van der Waals surface area (Å²) in [6, 6.07) is 20.7. The maximum atomic E-state index is 13.5. The van der Waals surface area contributed by atoms with Crippen LogP contribution in [0.5, 0.6) is 0 Å². The first-order valence-corrected chi connectivity index (χ1v) is 13.0. The van der Waals surface area contributed by atoms with Gasteiger partial charge in [0.25, 0.3) is 5.91 Å². The highest BCUT2D eigenvalue weighted by Gasteiger charge is 2.35. The molecule has 2 atom stereocenters. The van der Waals surface area contributed by atoms with E-state index in [0.29, 0.717) is 11.3 Å². The van der Waals surface area contributed by atoms with E-state index in [-0.39, 0.29) is 5.91 Å². The summed E-state index contributed by atoms with van der Waals surface area (Å²) in [5.41, 5.74) is 4.48. The van der Waals surface area contributed by atoms with Crippen molar-refractivity contribution in [3.8, 4) is 22.4 Å². The van der Waals surface area contributed by atoms with Crippen LogP contribution in [0.25, 0.3) is 22.4 Å². The van der Waals surface area contributed by atoms with E-state index in [1.165, 1.54) is 11.3 Å². The first-order chi connectivity index (χ1) is 17.6. The van der Waals surface area contributed by atoms with Crippen LogP contribution in [0.3, 0.4) is 0 Å². The third kappa shape index (κ3) is 6.27. The van der Waals surface area contributed by atoms with E-state index in [0.717, 1.165) is 27.9 Å². The predicted octanol–water partition coefficient (Wildman–Crippen LogP) is 5.84.